The molecule has 6 heteroatoms. The highest BCUT2D eigenvalue weighted by atomic mass is 16.7. The summed E-state index contributed by atoms with van der Waals surface area (Å²) < 4.78 is 10.6. The van der Waals surface area contributed by atoms with Crippen LogP contribution < -0.4 is 19.7 Å². The Balaban J connectivity index is 1.58. The summed E-state index contributed by atoms with van der Waals surface area (Å²) >= 11 is 0. The lowest BCUT2D eigenvalue weighted by molar-refractivity contribution is -0.123. The van der Waals surface area contributed by atoms with E-state index in [0.29, 0.717) is 23.7 Å². The Hall–Kier alpha value is -3.02. The number of hydrogen-bond acceptors (Lipinski definition) is 4. The highest BCUT2D eigenvalue weighted by Gasteiger charge is 2.20. The average Bonchev–Trinajstić information content (AvgIpc) is 3.08. The van der Waals surface area contributed by atoms with Crippen molar-refractivity contribution in [1.82, 2.24) is 5.32 Å². The van der Waals surface area contributed by atoms with E-state index in [0.717, 1.165) is 12.0 Å². The van der Waals surface area contributed by atoms with E-state index in [1.54, 1.807) is 18.2 Å². The van der Waals surface area contributed by atoms with E-state index in [4.69, 9.17) is 9.47 Å². The van der Waals surface area contributed by atoms with Gasteiger partial charge < -0.3 is 19.7 Å². The highest BCUT2D eigenvalue weighted by molar-refractivity contribution is 5.97. The van der Waals surface area contributed by atoms with Crippen molar-refractivity contribution in [3.8, 4) is 11.5 Å². The fourth-order valence-electron chi connectivity index (χ4n) is 2.63. The van der Waals surface area contributed by atoms with Gasteiger partial charge in [0.1, 0.15) is 6.54 Å². The standard InChI is InChI=1S/C19H20N2O4/c1-14(22)21(16-7-8-17-18(11-16)25-13-24-17)12-19(23)20-10-9-15-5-3-2-4-6-15/h2-8,11H,9-10,12-13H2,1H3,(H,20,23). The molecule has 1 N–H and O–H groups in total. The SMILES string of the molecule is CC(=O)N(CC(=O)NCCc1ccccc1)c1ccc2c(c1)OCO2. The Bertz CT molecular complexity index is 761. The molecule has 0 aliphatic carbocycles. The van der Waals surface area contributed by atoms with E-state index in [9.17, 15) is 9.59 Å². The highest BCUT2D eigenvalue weighted by Crippen LogP contribution is 2.35. The number of carbonyl (C=O) groups is 2. The van der Waals surface area contributed by atoms with Crippen LogP contribution in [0, 0.1) is 0 Å². The van der Waals surface area contributed by atoms with Crippen LogP contribution in [-0.2, 0) is 16.0 Å². The van der Waals surface area contributed by atoms with Gasteiger partial charge in [0, 0.05) is 25.2 Å². The molecule has 1 heterocycles. The molecule has 130 valence electrons. The first-order valence-electron chi connectivity index (χ1n) is 8.12. The minimum atomic E-state index is -0.211. The van der Waals surface area contributed by atoms with Crippen LogP contribution in [0.1, 0.15) is 12.5 Å². The third-order valence-electron chi connectivity index (χ3n) is 3.93. The molecule has 2 aromatic rings. The first-order valence-corrected chi connectivity index (χ1v) is 8.12. The fourth-order valence-corrected chi connectivity index (χ4v) is 2.63. The average molecular weight is 340 g/mol. The van der Waals surface area contributed by atoms with Gasteiger partial charge in [0.15, 0.2) is 11.5 Å². The molecule has 0 atom stereocenters. The lowest BCUT2D eigenvalue weighted by Crippen LogP contribution is -2.40. The van der Waals surface area contributed by atoms with Crippen LogP contribution in [0.25, 0.3) is 0 Å². The van der Waals surface area contributed by atoms with E-state index in [1.165, 1.54) is 11.8 Å². The van der Waals surface area contributed by atoms with Gasteiger partial charge in [-0.2, -0.15) is 0 Å². The smallest absolute Gasteiger partial charge is 0.240 e. The molecule has 0 saturated heterocycles. The maximum atomic E-state index is 12.2. The molecule has 0 fully saturated rings. The zero-order valence-electron chi connectivity index (χ0n) is 14.0. The normalized spacial score (nSPS) is 11.9. The summed E-state index contributed by atoms with van der Waals surface area (Å²) in [5.41, 5.74) is 1.76. The summed E-state index contributed by atoms with van der Waals surface area (Å²) in [6.07, 6.45) is 0.747. The van der Waals surface area contributed by atoms with E-state index in [-0.39, 0.29) is 25.2 Å². The molecule has 1 aliphatic rings. The predicted octanol–water partition coefficient (Wildman–Crippen LogP) is 2.13. The fraction of sp³-hybridized carbons (Fsp3) is 0.263. The molecular weight excluding hydrogens is 320 g/mol. The second-order valence-electron chi connectivity index (χ2n) is 5.73. The number of amides is 2. The second-order valence-corrected chi connectivity index (χ2v) is 5.73. The van der Waals surface area contributed by atoms with Gasteiger partial charge in [0.25, 0.3) is 0 Å². The van der Waals surface area contributed by atoms with Crippen LogP contribution in [0.4, 0.5) is 5.69 Å². The van der Waals surface area contributed by atoms with Crippen LogP contribution in [0.2, 0.25) is 0 Å². The van der Waals surface area contributed by atoms with Crippen molar-refractivity contribution in [2.45, 2.75) is 13.3 Å². The number of rotatable bonds is 6. The zero-order valence-corrected chi connectivity index (χ0v) is 14.0. The maximum absolute atomic E-state index is 12.2. The van der Waals surface area contributed by atoms with Crippen LogP contribution in [0.5, 0.6) is 11.5 Å². The molecule has 1 aliphatic heterocycles. The summed E-state index contributed by atoms with van der Waals surface area (Å²) in [7, 11) is 0. The maximum Gasteiger partial charge on any atom is 0.240 e. The molecule has 2 amide bonds. The van der Waals surface area contributed by atoms with Crippen molar-refractivity contribution in [1.29, 1.82) is 0 Å². The van der Waals surface area contributed by atoms with Gasteiger partial charge in [0.05, 0.1) is 0 Å². The zero-order chi connectivity index (χ0) is 17.6. The predicted molar refractivity (Wildman–Crippen MR) is 93.7 cm³/mol. The summed E-state index contributed by atoms with van der Waals surface area (Å²) in [6.45, 7) is 2.08. The molecule has 3 rings (SSSR count). The Morgan fingerprint density at radius 3 is 2.60 bits per heavy atom. The van der Waals surface area contributed by atoms with Crippen molar-refractivity contribution >= 4 is 17.5 Å². The van der Waals surface area contributed by atoms with E-state index in [1.807, 2.05) is 30.3 Å². The minimum absolute atomic E-state index is 0.0379. The van der Waals surface area contributed by atoms with Crippen molar-refractivity contribution in [3.63, 3.8) is 0 Å². The van der Waals surface area contributed by atoms with E-state index < -0.39 is 0 Å². The number of anilines is 1. The summed E-state index contributed by atoms with van der Waals surface area (Å²) in [5.74, 6) is 0.800. The van der Waals surface area contributed by atoms with E-state index >= 15 is 0 Å². The molecule has 0 aromatic heterocycles. The molecule has 0 spiro atoms. The van der Waals surface area contributed by atoms with Gasteiger partial charge in [0.2, 0.25) is 18.6 Å². The quantitative estimate of drug-likeness (QED) is 0.875. The molecule has 0 radical (unpaired) electrons. The van der Waals surface area contributed by atoms with Crippen molar-refractivity contribution in [3.05, 3.63) is 54.1 Å². The second kappa shape index (κ2) is 7.70. The first kappa shape index (κ1) is 16.8. The summed E-state index contributed by atoms with van der Waals surface area (Å²) in [6, 6.07) is 15.1. The number of carbonyl (C=O) groups excluding carboxylic acids is 2. The number of nitrogens with zero attached hydrogens (tertiary/aromatic N) is 1. The van der Waals surface area contributed by atoms with Crippen molar-refractivity contribution < 1.29 is 19.1 Å². The van der Waals surface area contributed by atoms with Gasteiger partial charge >= 0.3 is 0 Å². The third kappa shape index (κ3) is 4.29. The number of fused-ring (bicyclic) bond motifs is 1. The monoisotopic (exact) mass is 340 g/mol. The van der Waals surface area contributed by atoms with Crippen LogP contribution in [-0.4, -0.2) is 31.7 Å². The summed E-state index contributed by atoms with van der Waals surface area (Å²) in [4.78, 5) is 25.6. The topological polar surface area (TPSA) is 67.9 Å². The Morgan fingerprint density at radius 1 is 1.08 bits per heavy atom. The Morgan fingerprint density at radius 2 is 1.84 bits per heavy atom. The number of nitrogens with one attached hydrogen (secondary N) is 1. The van der Waals surface area contributed by atoms with Crippen molar-refractivity contribution in [2.75, 3.05) is 24.8 Å². The first-order chi connectivity index (χ1) is 12.1. The third-order valence-corrected chi connectivity index (χ3v) is 3.93. The summed E-state index contributed by atoms with van der Waals surface area (Å²) in [5, 5.41) is 2.85. The minimum Gasteiger partial charge on any atom is -0.454 e. The van der Waals surface area contributed by atoms with Crippen molar-refractivity contribution in [2.24, 2.45) is 0 Å². The molecule has 2 aromatic carbocycles. The van der Waals surface area contributed by atoms with Gasteiger partial charge in [-0.3, -0.25) is 9.59 Å². The van der Waals surface area contributed by atoms with Gasteiger partial charge in [-0.05, 0) is 24.1 Å². The molecular formula is C19H20N2O4. The Kier molecular flexibility index (Phi) is 5.18. The molecule has 0 unspecified atom stereocenters. The van der Waals surface area contributed by atoms with Crippen LogP contribution >= 0.6 is 0 Å². The van der Waals surface area contributed by atoms with Crippen LogP contribution in [0.3, 0.4) is 0 Å². The molecule has 0 bridgehead atoms. The molecule has 25 heavy (non-hydrogen) atoms. The van der Waals surface area contributed by atoms with Gasteiger partial charge in [-0.1, -0.05) is 30.3 Å². The van der Waals surface area contributed by atoms with E-state index in [2.05, 4.69) is 5.32 Å². The molecule has 0 saturated carbocycles. The Labute approximate surface area is 146 Å². The number of ether oxygens (including phenoxy) is 2. The largest absolute Gasteiger partial charge is 0.454 e. The van der Waals surface area contributed by atoms with Gasteiger partial charge in [-0.15, -0.1) is 0 Å². The van der Waals surface area contributed by atoms with Crippen LogP contribution in [0.15, 0.2) is 48.5 Å². The van der Waals surface area contributed by atoms with Gasteiger partial charge in [-0.25, -0.2) is 0 Å². The number of hydrogen-bond donors (Lipinski definition) is 1. The molecule has 6 nitrogen and oxygen atoms in total. The lowest BCUT2D eigenvalue weighted by atomic mass is 10.1. The lowest BCUT2D eigenvalue weighted by Gasteiger charge is -2.21. The number of benzene rings is 2.